The predicted octanol–water partition coefficient (Wildman–Crippen LogP) is 4.69. The Bertz CT molecular complexity index is 1310. The number of halogens is 1. The molecule has 36 heavy (non-hydrogen) atoms. The number of para-hydroxylation sites is 2. The first-order chi connectivity index (χ1) is 17.4. The minimum Gasteiger partial charge on any atom is -0.495 e. The number of allylic oxidation sites excluding steroid dienone is 1. The standard InChI is InChI=1S/C27H26FN3O5/c1-16-24(26(32)30-20-6-4-5-7-21(20)34-2)25(31-27(33)29-16)18-10-13-22(23(14-18)35-3)36-15-17-8-11-19(28)12-9-17/h4-14,25H,15H2,1-3H3,(H,30,32)(H2,29,31,33). The molecule has 0 radical (unpaired) electrons. The second kappa shape index (κ2) is 10.8. The van der Waals surface area contributed by atoms with Gasteiger partial charge in [0.05, 0.1) is 31.5 Å². The highest BCUT2D eigenvalue weighted by atomic mass is 19.1. The number of benzene rings is 3. The van der Waals surface area contributed by atoms with Crippen LogP contribution in [0.15, 0.2) is 78.0 Å². The summed E-state index contributed by atoms with van der Waals surface area (Å²) in [4.78, 5) is 25.6. The minimum atomic E-state index is -0.742. The Morgan fingerprint density at radius 2 is 1.69 bits per heavy atom. The fourth-order valence-electron chi connectivity index (χ4n) is 3.91. The molecule has 0 bridgehead atoms. The van der Waals surface area contributed by atoms with Crippen LogP contribution >= 0.6 is 0 Å². The molecule has 3 aromatic rings. The average molecular weight is 492 g/mol. The number of methoxy groups -OCH3 is 2. The quantitative estimate of drug-likeness (QED) is 0.425. The molecule has 0 saturated carbocycles. The zero-order valence-corrected chi connectivity index (χ0v) is 20.1. The van der Waals surface area contributed by atoms with E-state index in [-0.39, 0.29) is 12.4 Å². The van der Waals surface area contributed by atoms with Crippen LogP contribution in [0.5, 0.6) is 17.2 Å². The third-order valence-corrected chi connectivity index (χ3v) is 5.70. The van der Waals surface area contributed by atoms with Crippen molar-refractivity contribution in [2.45, 2.75) is 19.6 Å². The first-order valence-corrected chi connectivity index (χ1v) is 11.2. The number of hydrogen-bond donors (Lipinski definition) is 3. The van der Waals surface area contributed by atoms with E-state index in [9.17, 15) is 14.0 Å². The molecule has 1 aliphatic rings. The van der Waals surface area contributed by atoms with Crippen molar-refractivity contribution in [3.8, 4) is 17.2 Å². The number of carbonyl (C=O) groups is 2. The monoisotopic (exact) mass is 491 g/mol. The summed E-state index contributed by atoms with van der Waals surface area (Å²) in [5.41, 5.74) is 2.68. The largest absolute Gasteiger partial charge is 0.495 e. The van der Waals surface area contributed by atoms with E-state index in [2.05, 4.69) is 16.0 Å². The molecule has 3 N–H and O–H groups in total. The van der Waals surface area contributed by atoms with Crippen LogP contribution in [-0.4, -0.2) is 26.2 Å². The molecule has 0 aromatic heterocycles. The molecule has 3 amide bonds. The lowest BCUT2D eigenvalue weighted by Gasteiger charge is -2.29. The fourth-order valence-corrected chi connectivity index (χ4v) is 3.91. The van der Waals surface area contributed by atoms with Crippen LogP contribution < -0.4 is 30.2 Å². The van der Waals surface area contributed by atoms with Crippen molar-refractivity contribution in [1.82, 2.24) is 10.6 Å². The maximum atomic E-state index is 13.3. The molecular weight excluding hydrogens is 465 g/mol. The zero-order valence-electron chi connectivity index (χ0n) is 20.1. The second-order valence-electron chi connectivity index (χ2n) is 8.05. The smallest absolute Gasteiger partial charge is 0.319 e. The summed E-state index contributed by atoms with van der Waals surface area (Å²) in [7, 11) is 3.02. The highest BCUT2D eigenvalue weighted by Gasteiger charge is 2.32. The van der Waals surface area contributed by atoms with Gasteiger partial charge in [0.1, 0.15) is 18.2 Å². The number of anilines is 1. The molecular formula is C27H26FN3O5. The normalized spacial score (nSPS) is 15.0. The molecule has 1 heterocycles. The maximum Gasteiger partial charge on any atom is 0.319 e. The third kappa shape index (κ3) is 5.41. The molecule has 1 unspecified atom stereocenters. The lowest BCUT2D eigenvalue weighted by molar-refractivity contribution is -0.113. The van der Waals surface area contributed by atoms with Crippen molar-refractivity contribution >= 4 is 17.6 Å². The maximum absolute atomic E-state index is 13.3. The van der Waals surface area contributed by atoms with Gasteiger partial charge in [0, 0.05) is 5.70 Å². The van der Waals surface area contributed by atoms with Crippen LogP contribution in [0, 0.1) is 5.82 Å². The van der Waals surface area contributed by atoms with E-state index in [1.54, 1.807) is 61.5 Å². The van der Waals surface area contributed by atoms with E-state index in [4.69, 9.17) is 14.2 Å². The summed E-state index contributed by atoms with van der Waals surface area (Å²) in [6.45, 7) is 1.88. The van der Waals surface area contributed by atoms with E-state index in [1.807, 2.05) is 0 Å². The molecule has 9 heteroatoms. The second-order valence-corrected chi connectivity index (χ2v) is 8.05. The Labute approximate surface area is 208 Å². The van der Waals surface area contributed by atoms with E-state index in [0.29, 0.717) is 39.8 Å². The highest BCUT2D eigenvalue weighted by Crippen LogP contribution is 2.35. The van der Waals surface area contributed by atoms with Gasteiger partial charge in [-0.1, -0.05) is 30.3 Å². The Balaban J connectivity index is 1.60. The summed E-state index contributed by atoms with van der Waals surface area (Å²) >= 11 is 0. The van der Waals surface area contributed by atoms with Gasteiger partial charge in [-0.05, 0) is 54.4 Å². The van der Waals surface area contributed by atoms with Crippen LogP contribution in [0.3, 0.4) is 0 Å². The van der Waals surface area contributed by atoms with Crippen LogP contribution in [0.2, 0.25) is 0 Å². The first kappa shape index (κ1) is 24.6. The van der Waals surface area contributed by atoms with Gasteiger partial charge < -0.3 is 30.2 Å². The van der Waals surface area contributed by atoms with Crippen molar-refractivity contribution in [1.29, 1.82) is 0 Å². The molecule has 1 atom stereocenters. The highest BCUT2D eigenvalue weighted by molar-refractivity contribution is 6.07. The number of carbonyl (C=O) groups excluding carboxylic acids is 2. The van der Waals surface area contributed by atoms with Crippen molar-refractivity contribution in [2.75, 3.05) is 19.5 Å². The summed E-state index contributed by atoms with van der Waals surface area (Å²) < 4.78 is 29.9. The minimum absolute atomic E-state index is 0.214. The lowest BCUT2D eigenvalue weighted by Crippen LogP contribution is -2.46. The fraction of sp³-hybridized carbons (Fsp3) is 0.185. The van der Waals surface area contributed by atoms with Gasteiger partial charge in [-0.25, -0.2) is 9.18 Å². The van der Waals surface area contributed by atoms with Crippen LogP contribution in [0.25, 0.3) is 0 Å². The molecule has 4 rings (SSSR count). The van der Waals surface area contributed by atoms with E-state index in [0.717, 1.165) is 5.56 Å². The molecule has 186 valence electrons. The van der Waals surface area contributed by atoms with E-state index in [1.165, 1.54) is 26.4 Å². The van der Waals surface area contributed by atoms with Crippen molar-refractivity contribution < 1.29 is 28.2 Å². The SMILES string of the molecule is COc1ccccc1NC(=O)C1=C(C)NC(=O)NC1c1ccc(OCc2ccc(F)cc2)c(OC)c1. The molecule has 0 spiro atoms. The number of amides is 3. The van der Waals surface area contributed by atoms with Gasteiger partial charge in [0.2, 0.25) is 0 Å². The van der Waals surface area contributed by atoms with Crippen molar-refractivity contribution in [2.24, 2.45) is 0 Å². The summed E-state index contributed by atoms with van der Waals surface area (Å²) in [5.74, 6) is 0.678. The topological polar surface area (TPSA) is 97.9 Å². The van der Waals surface area contributed by atoms with E-state index < -0.39 is 18.0 Å². The number of nitrogens with one attached hydrogen (secondary N) is 3. The first-order valence-electron chi connectivity index (χ1n) is 11.2. The summed E-state index contributed by atoms with van der Waals surface area (Å²) in [6, 6.07) is 17.1. The Morgan fingerprint density at radius 1 is 0.972 bits per heavy atom. The van der Waals surface area contributed by atoms with Crippen LogP contribution in [0.1, 0.15) is 24.1 Å². The van der Waals surface area contributed by atoms with Crippen LogP contribution in [0.4, 0.5) is 14.9 Å². The van der Waals surface area contributed by atoms with Crippen molar-refractivity contribution in [3.05, 3.63) is 94.9 Å². The zero-order chi connectivity index (χ0) is 25.7. The number of urea groups is 1. The third-order valence-electron chi connectivity index (χ3n) is 5.70. The summed E-state index contributed by atoms with van der Waals surface area (Å²) in [6.07, 6.45) is 0. The van der Waals surface area contributed by atoms with Gasteiger partial charge in [-0.2, -0.15) is 0 Å². The van der Waals surface area contributed by atoms with Gasteiger partial charge >= 0.3 is 6.03 Å². The van der Waals surface area contributed by atoms with Gasteiger partial charge in [0.25, 0.3) is 5.91 Å². The lowest BCUT2D eigenvalue weighted by atomic mass is 9.94. The Morgan fingerprint density at radius 3 is 2.42 bits per heavy atom. The van der Waals surface area contributed by atoms with E-state index >= 15 is 0 Å². The van der Waals surface area contributed by atoms with Crippen LogP contribution in [-0.2, 0) is 11.4 Å². The predicted molar refractivity (Wildman–Crippen MR) is 132 cm³/mol. The van der Waals surface area contributed by atoms with Gasteiger partial charge in [-0.3, -0.25) is 4.79 Å². The Kier molecular flexibility index (Phi) is 7.39. The summed E-state index contributed by atoms with van der Waals surface area (Å²) in [5, 5.41) is 8.33. The average Bonchev–Trinajstić information content (AvgIpc) is 2.88. The van der Waals surface area contributed by atoms with Gasteiger partial charge in [0.15, 0.2) is 11.5 Å². The molecule has 3 aromatic carbocycles. The molecule has 8 nitrogen and oxygen atoms in total. The molecule has 0 aliphatic carbocycles. The number of ether oxygens (including phenoxy) is 3. The molecule has 1 aliphatic heterocycles. The van der Waals surface area contributed by atoms with Gasteiger partial charge in [-0.15, -0.1) is 0 Å². The van der Waals surface area contributed by atoms with Crippen molar-refractivity contribution in [3.63, 3.8) is 0 Å². The molecule has 0 saturated heterocycles. The Hall–Kier alpha value is -4.53. The number of hydrogen-bond acceptors (Lipinski definition) is 5. The molecule has 0 fully saturated rings. The number of rotatable bonds is 8.